The number of carbonyl (C=O) groups is 1. The van der Waals surface area contributed by atoms with Crippen LogP contribution in [-0.4, -0.2) is 21.0 Å². The van der Waals surface area contributed by atoms with E-state index in [4.69, 9.17) is 0 Å². The molecule has 0 saturated heterocycles. The first-order valence-electron chi connectivity index (χ1n) is 9.17. The molecule has 28 heavy (non-hydrogen) atoms. The number of amides is 1. The van der Waals surface area contributed by atoms with E-state index in [2.05, 4.69) is 16.4 Å². The van der Waals surface area contributed by atoms with Gasteiger partial charge in [0.15, 0.2) is 0 Å². The number of fused-ring (bicyclic) bond motifs is 1. The highest BCUT2D eigenvalue weighted by Gasteiger charge is 2.43. The maximum atomic E-state index is 13.1. The topological polar surface area (TPSA) is 87.8 Å². The summed E-state index contributed by atoms with van der Waals surface area (Å²) in [4.78, 5) is 30.6. The molecular formula is C21H20N4O2S. The average molecular weight is 392 g/mol. The normalized spacial score (nSPS) is 15.8. The van der Waals surface area contributed by atoms with Crippen molar-refractivity contribution in [1.29, 1.82) is 5.26 Å². The van der Waals surface area contributed by atoms with Crippen LogP contribution in [0, 0.1) is 24.2 Å². The molecule has 1 N–H and O–H groups in total. The van der Waals surface area contributed by atoms with E-state index >= 15 is 0 Å². The van der Waals surface area contributed by atoms with Crippen LogP contribution in [0.25, 0.3) is 21.3 Å². The third-order valence-electron chi connectivity index (χ3n) is 5.26. The summed E-state index contributed by atoms with van der Waals surface area (Å²) < 4.78 is 1.31. The fourth-order valence-electron chi connectivity index (χ4n) is 3.39. The molecular weight excluding hydrogens is 372 g/mol. The standard InChI is InChI=1S/C21H20N4O2S/c1-13-3-5-14(6-4-13)16-10-28-19-18(16)20(27)25(12-23-19)9-17(26)24-21(2,11-22)15-7-8-15/h3-6,10,12,15H,7-9H2,1-2H3,(H,24,26)/t21-/m0/s1. The SMILES string of the molecule is Cc1ccc(-c2csc3ncn(CC(=O)N[C@@](C)(C#N)C4CC4)c(=O)c23)cc1. The zero-order valence-corrected chi connectivity index (χ0v) is 16.5. The molecule has 1 aliphatic carbocycles. The zero-order chi connectivity index (χ0) is 19.9. The van der Waals surface area contributed by atoms with Crippen LogP contribution in [-0.2, 0) is 11.3 Å². The van der Waals surface area contributed by atoms with Crippen LogP contribution >= 0.6 is 11.3 Å². The minimum atomic E-state index is -0.881. The van der Waals surface area contributed by atoms with E-state index in [1.165, 1.54) is 22.2 Å². The average Bonchev–Trinajstić information content (AvgIpc) is 3.45. The molecule has 0 bridgehead atoms. The largest absolute Gasteiger partial charge is 0.336 e. The number of hydrogen-bond donors (Lipinski definition) is 1. The lowest BCUT2D eigenvalue weighted by Crippen LogP contribution is -2.48. The van der Waals surface area contributed by atoms with Crippen LogP contribution in [0.4, 0.5) is 0 Å². The fraction of sp³-hybridized carbons (Fsp3) is 0.333. The number of nitrogens with one attached hydrogen (secondary N) is 1. The minimum absolute atomic E-state index is 0.158. The Labute approximate surface area is 166 Å². The lowest BCUT2D eigenvalue weighted by Gasteiger charge is -2.23. The fourth-order valence-corrected chi connectivity index (χ4v) is 4.30. The van der Waals surface area contributed by atoms with Gasteiger partial charge in [0.2, 0.25) is 5.91 Å². The Kier molecular flexibility index (Phi) is 4.52. The Morgan fingerprint density at radius 2 is 2.11 bits per heavy atom. The van der Waals surface area contributed by atoms with Gasteiger partial charge in [-0.05, 0) is 38.2 Å². The molecule has 1 saturated carbocycles. The predicted octanol–water partition coefficient (Wildman–Crippen LogP) is 3.24. The van der Waals surface area contributed by atoms with Gasteiger partial charge in [-0.15, -0.1) is 11.3 Å². The van der Waals surface area contributed by atoms with Crippen LogP contribution in [0.1, 0.15) is 25.3 Å². The maximum Gasteiger partial charge on any atom is 0.263 e. The molecule has 4 rings (SSSR count). The van der Waals surface area contributed by atoms with Crippen LogP contribution in [0.5, 0.6) is 0 Å². The molecule has 0 spiro atoms. The molecule has 3 aromatic rings. The number of hydrogen-bond acceptors (Lipinski definition) is 5. The van der Waals surface area contributed by atoms with Gasteiger partial charge in [0.1, 0.15) is 16.9 Å². The second kappa shape index (κ2) is 6.88. The van der Waals surface area contributed by atoms with Crippen LogP contribution in [0.15, 0.2) is 40.8 Å². The molecule has 7 heteroatoms. The van der Waals surface area contributed by atoms with Crippen molar-refractivity contribution in [2.75, 3.05) is 0 Å². The van der Waals surface area contributed by atoms with Gasteiger partial charge in [0.25, 0.3) is 5.56 Å². The summed E-state index contributed by atoms with van der Waals surface area (Å²) in [6, 6.07) is 10.2. The smallest absolute Gasteiger partial charge is 0.263 e. The third kappa shape index (κ3) is 3.32. The molecule has 1 atom stereocenters. The number of aromatic nitrogens is 2. The molecule has 6 nitrogen and oxygen atoms in total. The van der Waals surface area contributed by atoms with Crippen molar-refractivity contribution in [2.45, 2.75) is 38.8 Å². The lowest BCUT2D eigenvalue weighted by atomic mass is 9.98. The van der Waals surface area contributed by atoms with E-state index in [1.54, 1.807) is 6.92 Å². The Balaban J connectivity index is 1.65. The molecule has 0 unspecified atom stereocenters. The van der Waals surface area contributed by atoms with Crippen molar-refractivity contribution >= 4 is 27.5 Å². The quantitative estimate of drug-likeness (QED) is 0.722. The van der Waals surface area contributed by atoms with Gasteiger partial charge in [0.05, 0.1) is 17.8 Å². The van der Waals surface area contributed by atoms with Crippen LogP contribution in [0.2, 0.25) is 0 Å². The first-order valence-corrected chi connectivity index (χ1v) is 10.0. The van der Waals surface area contributed by atoms with Crippen molar-refractivity contribution in [3.05, 3.63) is 51.9 Å². The number of rotatable bonds is 5. The van der Waals surface area contributed by atoms with Crippen molar-refractivity contribution in [3.63, 3.8) is 0 Å². The first-order chi connectivity index (χ1) is 13.4. The summed E-state index contributed by atoms with van der Waals surface area (Å²) in [5.74, 6) is -0.171. The molecule has 0 aliphatic heterocycles. The maximum absolute atomic E-state index is 13.1. The summed E-state index contributed by atoms with van der Waals surface area (Å²) in [6.07, 6.45) is 3.28. The van der Waals surface area contributed by atoms with Crippen LogP contribution in [0.3, 0.4) is 0 Å². The summed E-state index contributed by atoms with van der Waals surface area (Å²) >= 11 is 1.41. The van der Waals surface area contributed by atoms with E-state index in [-0.39, 0.29) is 23.9 Å². The lowest BCUT2D eigenvalue weighted by molar-refractivity contribution is -0.123. The second-order valence-corrected chi connectivity index (χ2v) is 8.37. The van der Waals surface area contributed by atoms with Crippen molar-refractivity contribution in [3.8, 4) is 17.2 Å². The van der Waals surface area contributed by atoms with Gasteiger partial charge < -0.3 is 5.32 Å². The zero-order valence-electron chi connectivity index (χ0n) is 15.7. The first kappa shape index (κ1) is 18.4. The van der Waals surface area contributed by atoms with Gasteiger partial charge in [-0.25, -0.2) is 4.98 Å². The van der Waals surface area contributed by atoms with E-state index < -0.39 is 5.54 Å². The summed E-state index contributed by atoms with van der Waals surface area (Å²) in [6.45, 7) is 3.59. The Bertz CT molecular complexity index is 1150. The summed E-state index contributed by atoms with van der Waals surface area (Å²) in [7, 11) is 0. The minimum Gasteiger partial charge on any atom is -0.336 e. The van der Waals surface area contributed by atoms with E-state index in [1.807, 2.05) is 36.6 Å². The molecule has 0 radical (unpaired) electrons. The molecule has 1 amide bonds. The highest BCUT2D eigenvalue weighted by Crippen LogP contribution is 2.39. The monoisotopic (exact) mass is 392 g/mol. The Morgan fingerprint density at radius 1 is 1.39 bits per heavy atom. The number of aryl methyl sites for hydroxylation is 1. The van der Waals surface area contributed by atoms with Gasteiger partial charge in [-0.2, -0.15) is 5.26 Å². The number of benzene rings is 1. The van der Waals surface area contributed by atoms with Crippen molar-refractivity contribution < 1.29 is 4.79 Å². The number of nitriles is 1. The van der Waals surface area contributed by atoms with Gasteiger partial charge in [-0.1, -0.05) is 29.8 Å². The number of thiophene rings is 1. The molecule has 2 aromatic heterocycles. The van der Waals surface area contributed by atoms with Crippen LogP contribution < -0.4 is 10.9 Å². The number of nitrogens with zero attached hydrogens (tertiary/aromatic N) is 3. The van der Waals surface area contributed by atoms with Crippen molar-refractivity contribution in [1.82, 2.24) is 14.9 Å². The van der Waals surface area contributed by atoms with E-state index in [0.29, 0.717) is 10.2 Å². The molecule has 142 valence electrons. The van der Waals surface area contributed by atoms with Gasteiger partial charge in [-0.3, -0.25) is 14.2 Å². The highest BCUT2D eigenvalue weighted by molar-refractivity contribution is 7.17. The van der Waals surface area contributed by atoms with Gasteiger partial charge in [0, 0.05) is 10.9 Å². The molecule has 2 heterocycles. The van der Waals surface area contributed by atoms with E-state index in [0.717, 1.165) is 29.5 Å². The third-order valence-corrected chi connectivity index (χ3v) is 6.15. The number of carbonyl (C=O) groups excluding carboxylic acids is 1. The molecule has 1 aliphatic rings. The highest BCUT2D eigenvalue weighted by atomic mass is 32.1. The second-order valence-electron chi connectivity index (χ2n) is 7.51. The molecule has 1 aromatic carbocycles. The predicted molar refractivity (Wildman–Crippen MR) is 109 cm³/mol. The summed E-state index contributed by atoms with van der Waals surface area (Å²) in [5, 5.41) is 14.7. The Hall–Kier alpha value is -2.98. The Morgan fingerprint density at radius 3 is 2.75 bits per heavy atom. The molecule has 1 fully saturated rings. The van der Waals surface area contributed by atoms with Gasteiger partial charge >= 0.3 is 0 Å². The van der Waals surface area contributed by atoms with Crippen molar-refractivity contribution in [2.24, 2.45) is 5.92 Å². The summed E-state index contributed by atoms with van der Waals surface area (Å²) in [5.41, 5.74) is 1.79. The van der Waals surface area contributed by atoms with E-state index in [9.17, 15) is 14.9 Å².